The second-order valence-electron chi connectivity index (χ2n) is 3.98. The van der Waals surface area contributed by atoms with Gasteiger partial charge in [0.2, 0.25) is 5.82 Å². The Morgan fingerprint density at radius 2 is 1.90 bits per heavy atom. The molecule has 5 nitrogen and oxygen atoms in total. The van der Waals surface area contributed by atoms with Crippen molar-refractivity contribution in [1.82, 2.24) is 0 Å². The molecule has 0 aromatic heterocycles. The minimum absolute atomic E-state index is 0.113. The number of halogens is 1. The fourth-order valence-electron chi connectivity index (χ4n) is 1.63. The molecule has 104 valence electrons. The Bertz CT molecular complexity index is 613. The van der Waals surface area contributed by atoms with Crippen molar-refractivity contribution in [1.29, 1.82) is 0 Å². The van der Waals surface area contributed by atoms with E-state index in [-0.39, 0.29) is 12.4 Å². The molecule has 6 heteroatoms. The summed E-state index contributed by atoms with van der Waals surface area (Å²) in [5.74, 6) is -0.406. The van der Waals surface area contributed by atoms with Gasteiger partial charge in [-0.1, -0.05) is 18.2 Å². The van der Waals surface area contributed by atoms with Crippen molar-refractivity contribution in [2.45, 2.75) is 6.61 Å². The van der Waals surface area contributed by atoms with Crippen molar-refractivity contribution in [2.75, 3.05) is 7.11 Å². The van der Waals surface area contributed by atoms with Crippen molar-refractivity contribution in [3.05, 3.63) is 64.0 Å². The first-order valence-electron chi connectivity index (χ1n) is 5.80. The lowest BCUT2D eigenvalue weighted by atomic mass is 10.2. The lowest BCUT2D eigenvalue weighted by Crippen LogP contribution is -2.00. The lowest BCUT2D eigenvalue weighted by molar-refractivity contribution is -0.387. The molecule has 0 aliphatic rings. The van der Waals surface area contributed by atoms with E-state index in [2.05, 4.69) is 0 Å². The van der Waals surface area contributed by atoms with E-state index >= 15 is 0 Å². The number of rotatable bonds is 5. The smallest absolute Gasteiger partial charge is 0.308 e. The number of nitrogens with zero attached hydrogens (tertiary/aromatic N) is 1. The lowest BCUT2D eigenvalue weighted by Gasteiger charge is -2.08. The van der Waals surface area contributed by atoms with E-state index < -0.39 is 16.4 Å². The number of nitro groups is 1. The summed E-state index contributed by atoms with van der Waals surface area (Å²) in [7, 11) is 1.56. The maximum Gasteiger partial charge on any atom is 0.308 e. The third-order valence-corrected chi connectivity index (χ3v) is 2.69. The summed E-state index contributed by atoms with van der Waals surface area (Å²) in [6.07, 6.45) is 0. The number of hydrogen-bond donors (Lipinski definition) is 0. The van der Waals surface area contributed by atoms with Crippen LogP contribution in [0.5, 0.6) is 11.5 Å². The van der Waals surface area contributed by atoms with Crippen molar-refractivity contribution >= 4 is 5.69 Å². The molecule has 0 bridgehead atoms. The minimum Gasteiger partial charge on any atom is -0.497 e. The van der Waals surface area contributed by atoms with E-state index in [0.717, 1.165) is 11.6 Å². The van der Waals surface area contributed by atoms with Crippen LogP contribution < -0.4 is 9.47 Å². The number of methoxy groups -OCH3 is 1. The van der Waals surface area contributed by atoms with Gasteiger partial charge in [-0.05, 0) is 23.8 Å². The van der Waals surface area contributed by atoms with E-state index in [9.17, 15) is 14.5 Å². The monoisotopic (exact) mass is 277 g/mol. The van der Waals surface area contributed by atoms with Crippen molar-refractivity contribution in [2.24, 2.45) is 0 Å². The molecule has 0 unspecified atom stereocenters. The van der Waals surface area contributed by atoms with Gasteiger partial charge in [0.15, 0.2) is 5.75 Å². The molecule has 2 rings (SSSR count). The Labute approximate surface area is 114 Å². The Morgan fingerprint density at radius 3 is 2.50 bits per heavy atom. The van der Waals surface area contributed by atoms with Crippen LogP contribution in [0.15, 0.2) is 42.5 Å². The molecule has 0 amide bonds. The summed E-state index contributed by atoms with van der Waals surface area (Å²) in [6.45, 7) is 0.113. The number of benzene rings is 2. The summed E-state index contributed by atoms with van der Waals surface area (Å²) in [4.78, 5) is 9.83. The van der Waals surface area contributed by atoms with Crippen molar-refractivity contribution < 1.29 is 18.8 Å². The Morgan fingerprint density at radius 1 is 1.20 bits per heavy atom. The molecule has 20 heavy (non-hydrogen) atoms. The zero-order valence-corrected chi connectivity index (χ0v) is 10.7. The molecule has 0 aliphatic carbocycles. The topological polar surface area (TPSA) is 61.6 Å². The first kappa shape index (κ1) is 13.8. The Hall–Kier alpha value is -2.63. The second kappa shape index (κ2) is 6.01. The highest BCUT2D eigenvalue weighted by molar-refractivity contribution is 5.40. The average Bonchev–Trinajstić information content (AvgIpc) is 2.46. The molecule has 0 aliphatic heterocycles. The molecule has 0 fully saturated rings. The highest BCUT2D eigenvalue weighted by atomic mass is 19.1. The predicted molar refractivity (Wildman–Crippen MR) is 70.4 cm³/mol. The van der Waals surface area contributed by atoms with Gasteiger partial charge in [0.05, 0.1) is 12.0 Å². The zero-order chi connectivity index (χ0) is 14.5. The number of hydrogen-bond acceptors (Lipinski definition) is 4. The Kier molecular flexibility index (Phi) is 4.14. The fraction of sp³-hybridized carbons (Fsp3) is 0.143. The summed E-state index contributed by atoms with van der Waals surface area (Å²) < 4.78 is 24.0. The highest BCUT2D eigenvalue weighted by Crippen LogP contribution is 2.26. The predicted octanol–water partition coefficient (Wildman–Crippen LogP) is 3.32. The van der Waals surface area contributed by atoms with Crippen LogP contribution in [0.2, 0.25) is 0 Å². The first-order valence-corrected chi connectivity index (χ1v) is 5.80. The third kappa shape index (κ3) is 3.03. The highest BCUT2D eigenvalue weighted by Gasteiger charge is 2.18. The standard InChI is InChI=1S/C14H12FNO4/c1-19-11-7-5-10(6-8-11)9-20-13-4-2-3-12(14(13)15)16(17)18/h2-8H,9H2,1H3. The average molecular weight is 277 g/mol. The van der Waals surface area contributed by atoms with E-state index in [1.165, 1.54) is 12.1 Å². The van der Waals surface area contributed by atoms with Gasteiger partial charge in [-0.15, -0.1) is 0 Å². The maximum atomic E-state index is 13.8. The summed E-state index contributed by atoms with van der Waals surface area (Å²) >= 11 is 0. The quantitative estimate of drug-likeness (QED) is 0.621. The summed E-state index contributed by atoms with van der Waals surface area (Å²) in [5.41, 5.74) is 0.203. The van der Waals surface area contributed by atoms with Crippen molar-refractivity contribution in [3.8, 4) is 11.5 Å². The zero-order valence-electron chi connectivity index (χ0n) is 10.7. The molecule has 0 heterocycles. The van der Waals surface area contributed by atoms with Gasteiger partial charge < -0.3 is 9.47 Å². The van der Waals surface area contributed by atoms with E-state index in [4.69, 9.17) is 9.47 Å². The van der Waals surface area contributed by atoms with Crippen LogP contribution in [-0.4, -0.2) is 12.0 Å². The molecule has 2 aromatic rings. The Balaban J connectivity index is 2.10. The molecule has 0 saturated carbocycles. The molecule has 0 N–H and O–H groups in total. The van der Waals surface area contributed by atoms with E-state index in [0.29, 0.717) is 5.75 Å². The molecule has 0 saturated heterocycles. The normalized spacial score (nSPS) is 10.1. The third-order valence-electron chi connectivity index (χ3n) is 2.69. The summed E-state index contributed by atoms with van der Waals surface area (Å²) in [6, 6.07) is 10.9. The van der Waals surface area contributed by atoms with Gasteiger partial charge in [-0.2, -0.15) is 4.39 Å². The second-order valence-corrected chi connectivity index (χ2v) is 3.98. The molecule has 2 aromatic carbocycles. The van der Waals surface area contributed by atoms with Crippen LogP contribution in [0, 0.1) is 15.9 Å². The largest absolute Gasteiger partial charge is 0.497 e. The maximum absolute atomic E-state index is 13.8. The SMILES string of the molecule is COc1ccc(COc2cccc([N+](=O)[O-])c2F)cc1. The summed E-state index contributed by atoms with van der Waals surface area (Å²) in [5, 5.41) is 10.6. The van der Waals surface area contributed by atoms with Gasteiger partial charge >= 0.3 is 5.69 Å². The van der Waals surface area contributed by atoms with Gasteiger partial charge in [-0.25, -0.2) is 0 Å². The van der Waals surface area contributed by atoms with Gasteiger partial charge in [0.25, 0.3) is 0 Å². The van der Waals surface area contributed by atoms with E-state index in [1.807, 2.05) is 0 Å². The first-order chi connectivity index (χ1) is 9.61. The van der Waals surface area contributed by atoms with Crippen LogP contribution >= 0.6 is 0 Å². The van der Waals surface area contributed by atoms with Crippen LogP contribution in [0.25, 0.3) is 0 Å². The minimum atomic E-state index is -0.967. The molecular formula is C14H12FNO4. The van der Waals surface area contributed by atoms with Crippen LogP contribution in [-0.2, 0) is 6.61 Å². The van der Waals surface area contributed by atoms with Crippen LogP contribution in [0.1, 0.15) is 5.56 Å². The fourth-order valence-corrected chi connectivity index (χ4v) is 1.63. The molecule has 0 radical (unpaired) electrons. The van der Waals surface area contributed by atoms with Crippen LogP contribution in [0.3, 0.4) is 0 Å². The van der Waals surface area contributed by atoms with Gasteiger partial charge in [0, 0.05) is 6.07 Å². The van der Waals surface area contributed by atoms with Crippen LogP contribution in [0.4, 0.5) is 10.1 Å². The molecule has 0 spiro atoms. The van der Waals surface area contributed by atoms with Gasteiger partial charge in [0.1, 0.15) is 12.4 Å². The number of ether oxygens (including phenoxy) is 2. The number of nitro benzene ring substituents is 1. The molecule has 0 atom stereocenters. The van der Waals surface area contributed by atoms with Gasteiger partial charge in [-0.3, -0.25) is 10.1 Å². The van der Waals surface area contributed by atoms with Crippen molar-refractivity contribution in [3.63, 3.8) is 0 Å². The molecular weight excluding hydrogens is 265 g/mol. The van der Waals surface area contributed by atoms with E-state index in [1.54, 1.807) is 31.4 Å².